The molecule has 0 aromatic carbocycles. The number of primary amides is 1. The normalized spacial score (nSPS) is 9.64. The van der Waals surface area contributed by atoms with E-state index in [0.717, 1.165) is 0 Å². The van der Waals surface area contributed by atoms with Crippen LogP contribution in [0.1, 0.15) is 27.7 Å². The van der Waals surface area contributed by atoms with Crippen LogP contribution in [0.2, 0.25) is 0 Å². The zero-order valence-corrected chi connectivity index (χ0v) is 9.21. The van der Waals surface area contributed by atoms with E-state index >= 15 is 0 Å². The number of urea groups is 1. The van der Waals surface area contributed by atoms with Gasteiger partial charge in [-0.05, 0) is 27.7 Å². The zero-order valence-electron chi connectivity index (χ0n) is 7.50. The average molecular weight is 225 g/mol. The fourth-order valence-electron chi connectivity index (χ4n) is 1.11. The van der Waals surface area contributed by atoms with Crippen LogP contribution in [-0.2, 0) is 0 Å². The maximum Gasteiger partial charge on any atom is 0.315 e. The summed E-state index contributed by atoms with van der Waals surface area (Å²) in [4.78, 5) is 12.4. The number of rotatable bonds is 2. The van der Waals surface area contributed by atoms with Crippen molar-refractivity contribution in [2.75, 3.05) is 0 Å². The molecule has 0 aromatic heterocycles. The van der Waals surface area contributed by atoms with Crippen molar-refractivity contribution in [3.05, 3.63) is 0 Å². The molecule has 0 fully saturated rings. The number of carbonyl (C=O) groups is 1. The quantitative estimate of drug-likeness (QED) is 0.764. The molecular formula is C7H17BrN2O. The Kier molecular flexibility index (Phi) is 6.56. The number of nitrogens with zero attached hydrogens (tertiary/aromatic N) is 1. The molecule has 0 bridgehead atoms. The van der Waals surface area contributed by atoms with Crippen LogP contribution in [0.3, 0.4) is 0 Å². The van der Waals surface area contributed by atoms with Crippen LogP contribution in [0.15, 0.2) is 0 Å². The first-order valence-corrected chi connectivity index (χ1v) is 3.54. The van der Waals surface area contributed by atoms with Crippen LogP contribution in [0.25, 0.3) is 0 Å². The predicted molar refractivity (Wildman–Crippen MR) is 52.0 cm³/mol. The molecule has 0 radical (unpaired) electrons. The summed E-state index contributed by atoms with van der Waals surface area (Å²) < 4.78 is 0. The minimum absolute atomic E-state index is 0. The Morgan fingerprint density at radius 3 is 1.45 bits per heavy atom. The van der Waals surface area contributed by atoms with E-state index in [0.29, 0.717) is 0 Å². The third-order valence-corrected chi connectivity index (χ3v) is 1.37. The van der Waals surface area contributed by atoms with Crippen molar-refractivity contribution in [3.8, 4) is 0 Å². The van der Waals surface area contributed by atoms with Gasteiger partial charge in [-0.2, -0.15) is 0 Å². The molecule has 0 aliphatic carbocycles. The maximum absolute atomic E-state index is 10.7. The number of nitrogens with two attached hydrogens (primary N) is 1. The largest absolute Gasteiger partial charge is 0.351 e. The highest BCUT2D eigenvalue weighted by Crippen LogP contribution is 2.02. The van der Waals surface area contributed by atoms with E-state index in [2.05, 4.69) is 0 Å². The van der Waals surface area contributed by atoms with Crippen molar-refractivity contribution in [2.24, 2.45) is 5.73 Å². The molecule has 0 spiro atoms. The molecule has 2 amide bonds. The average Bonchev–Trinajstić information content (AvgIpc) is 1.59. The molecule has 2 N–H and O–H groups in total. The molecular weight excluding hydrogens is 208 g/mol. The van der Waals surface area contributed by atoms with Crippen LogP contribution in [0.4, 0.5) is 4.79 Å². The highest BCUT2D eigenvalue weighted by molar-refractivity contribution is 8.93. The lowest BCUT2D eigenvalue weighted by molar-refractivity contribution is 0.174. The van der Waals surface area contributed by atoms with Crippen molar-refractivity contribution >= 4 is 23.0 Å². The number of amides is 2. The summed E-state index contributed by atoms with van der Waals surface area (Å²) in [5.74, 6) is 0. The summed E-state index contributed by atoms with van der Waals surface area (Å²) in [6.07, 6.45) is 0. The van der Waals surface area contributed by atoms with Gasteiger partial charge in [-0.3, -0.25) is 0 Å². The van der Waals surface area contributed by atoms with Gasteiger partial charge in [0.2, 0.25) is 0 Å². The first kappa shape index (κ1) is 13.3. The van der Waals surface area contributed by atoms with Gasteiger partial charge in [-0.25, -0.2) is 4.79 Å². The summed E-state index contributed by atoms with van der Waals surface area (Å²) in [5, 5.41) is 0. The lowest BCUT2D eigenvalue weighted by Crippen LogP contribution is -2.45. The Morgan fingerprint density at radius 1 is 1.18 bits per heavy atom. The SMILES string of the molecule is Br.CC(C)N(C(N)=O)C(C)C. The van der Waals surface area contributed by atoms with E-state index in [1.54, 1.807) is 4.90 Å². The van der Waals surface area contributed by atoms with Gasteiger partial charge < -0.3 is 10.6 Å². The zero-order chi connectivity index (χ0) is 8.31. The summed E-state index contributed by atoms with van der Waals surface area (Å²) >= 11 is 0. The number of hydrogen-bond acceptors (Lipinski definition) is 1. The molecule has 68 valence electrons. The van der Waals surface area contributed by atoms with Gasteiger partial charge in [-0.1, -0.05) is 0 Å². The van der Waals surface area contributed by atoms with Crippen molar-refractivity contribution < 1.29 is 4.79 Å². The lowest BCUT2D eigenvalue weighted by Gasteiger charge is -2.28. The van der Waals surface area contributed by atoms with Crippen LogP contribution < -0.4 is 5.73 Å². The predicted octanol–water partition coefficient (Wildman–Crippen LogP) is 1.76. The Balaban J connectivity index is 0. The maximum atomic E-state index is 10.7. The second-order valence-corrected chi connectivity index (χ2v) is 2.93. The number of halogens is 1. The van der Waals surface area contributed by atoms with Crippen LogP contribution in [0.5, 0.6) is 0 Å². The minimum Gasteiger partial charge on any atom is -0.351 e. The Bertz CT molecular complexity index is 118. The van der Waals surface area contributed by atoms with E-state index in [1.807, 2.05) is 27.7 Å². The van der Waals surface area contributed by atoms with Gasteiger partial charge in [0.1, 0.15) is 0 Å². The van der Waals surface area contributed by atoms with Gasteiger partial charge in [0.25, 0.3) is 0 Å². The van der Waals surface area contributed by atoms with Gasteiger partial charge in [-0.15, -0.1) is 17.0 Å². The molecule has 0 saturated heterocycles. The summed E-state index contributed by atoms with van der Waals surface area (Å²) in [5.41, 5.74) is 5.13. The summed E-state index contributed by atoms with van der Waals surface area (Å²) in [6, 6.07) is 0.0417. The Morgan fingerprint density at radius 2 is 1.45 bits per heavy atom. The van der Waals surface area contributed by atoms with Crippen molar-refractivity contribution in [1.82, 2.24) is 4.90 Å². The molecule has 4 heteroatoms. The van der Waals surface area contributed by atoms with E-state index in [1.165, 1.54) is 0 Å². The van der Waals surface area contributed by atoms with Crippen LogP contribution in [-0.4, -0.2) is 23.0 Å². The second kappa shape index (κ2) is 5.41. The third kappa shape index (κ3) is 4.24. The topological polar surface area (TPSA) is 46.3 Å². The Labute approximate surface area is 78.7 Å². The van der Waals surface area contributed by atoms with Gasteiger partial charge in [0, 0.05) is 12.1 Å². The smallest absolute Gasteiger partial charge is 0.315 e. The van der Waals surface area contributed by atoms with E-state index < -0.39 is 0 Å². The highest BCUT2D eigenvalue weighted by atomic mass is 79.9. The molecule has 0 heterocycles. The van der Waals surface area contributed by atoms with E-state index in [-0.39, 0.29) is 35.1 Å². The summed E-state index contributed by atoms with van der Waals surface area (Å²) in [7, 11) is 0. The third-order valence-electron chi connectivity index (χ3n) is 1.37. The molecule has 0 rings (SSSR count). The number of carbonyl (C=O) groups excluding carboxylic acids is 1. The molecule has 11 heavy (non-hydrogen) atoms. The molecule has 0 unspecified atom stereocenters. The molecule has 0 aliphatic heterocycles. The molecule has 0 saturated carbocycles. The standard InChI is InChI=1S/C7H16N2O.BrH/c1-5(2)9(6(3)4)7(8)10;/h5-6H,1-4H3,(H2,8,10);1H. The van der Waals surface area contributed by atoms with Gasteiger partial charge in [0.05, 0.1) is 0 Å². The first-order chi connectivity index (χ1) is 4.46. The first-order valence-electron chi connectivity index (χ1n) is 3.54. The van der Waals surface area contributed by atoms with Crippen LogP contribution >= 0.6 is 17.0 Å². The fourth-order valence-corrected chi connectivity index (χ4v) is 1.11. The molecule has 0 aliphatic rings. The number of hydrogen-bond donors (Lipinski definition) is 1. The van der Waals surface area contributed by atoms with Gasteiger partial charge in [0.15, 0.2) is 0 Å². The fraction of sp³-hybridized carbons (Fsp3) is 0.857. The molecule has 3 nitrogen and oxygen atoms in total. The van der Waals surface area contributed by atoms with E-state index in [9.17, 15) is 4.79 Å². The monoisotopic (exact) mass is 224 g/mol. The molecule has 0 atom stereocenters. The summed E-state index contributed by atoms with van der Waals surface area (Å²) in [6.45, 7) is 7.80. The van der Waals surface area contributed by atoms with E-state index in [4.69, 9.17) is 5.73 Å². The lowest BCUT2D eigenvalue weighted by atomic mass is 10.2. The molecule has 0 aromatic rings. The highest BCUT2D eigenvalue weighted by Gasteiger charge is 2.15. The van der Waals surface area contributed by atoms with Crippen LogP contribution in [0, 0.1) is 0 Å². The van der Waals surface area contributed by atoms with Crippen molar-refractivity contribution in [3.63, 3.8) is 0 Å². The Hall–Kier alpha value is -0.250. The van der Waals surface area contributed by atoms with Crippen molar-refractivity contribution in [1.29, 1.82) is 0 Å². The van der Waals surface area contributed by atoms with Gasteiger partial charge >= 0.3 is 6.03 Å². The second-order valence-electron chi connectivity index (χ2n) is 2.93. The van der Waals surface area contributed by atoms with Crippen molar-refractivity contribution in [2.45, 2.75) is 39.8 Å². The minimum atomic E-state index is -0.343.